The van der Waals surface area contributed by atoms with E-state index in [0.717, 1.165) is 5.56 Å². The first-order chi connectivity index (χ1) is 16.8. The molecule has 200 valence electrons. The number of carbonyl (C=O) groups is 5. The van der Waals surface area contributed by atoms with Crippen LogP contribution in [-0.4, -0.2) is 64.0 Å². The Morgan fingerprint density at radius 3 is 1.75 bits per heavy atom. The highest BCUT2D eigenvalue weighted by Crippen LogP contribution is 2.09. The van der Waals surface area contributed by atoms with E-state index in [1.807, 2.05) is 13.8 Å². The lowest BCUT2D eigenvalue weighted by Gasteiger charge is -2.25. The summed E-state index contributed by atoms with van der Waals surface area (Å²) in [6, 6.07) is 4.02. The molecule has 11 heteroatoms. The van der Waals surface area contributed by atoms with E-state index >= 15 is 0 Å². The van der Waals surface area contributed by atoms with Crippen molar-refractivity contribution >= 4 is 29.7 Å². The Hall–Kier alpha value is -3.47. The van der Waals surface area contributed by atoms with Crippen molar-refractivity contribution in [1.82, 2.24) is 16.0 Å². The largest absolute Gasteiger partial charge is 0.481 e. The first kappa shape index (κ1) is 30.6. The molecule has 3 amide bonds. The van der Waals surface area contributed by atoms with E-state index < -0.39 is 60.2 Å². The topological polar surface area (TPSA) is 188 Å². The molecular formula is C25H38N4O7. The van der Waals surface area contributed by atoms with Gasteiger partial charge in [0, 0.05) is 6.42 Å². The number of hydrogen-bond acceptors (Lipinski definition) is 6. The lowest BCUT2D eigenvalue weighted by Crippen LogP contribution is -2.58. The van der Waals surface area contributed by atoms with Crippen LogP contribution in [-0.2, 0) is 30.4 Å². The van der Waals surface area contributed by atoms with Crippen LogP contribution in [0, 0.1) is 11.8 Å². The summed E-state index contributed by atoms with van der Waals surface area (Å²) in [6.07, 6.45) is -0.193. The van der Waals surface area contributed by atoms with Crippen molar-refractivity contribution in [2.75, 3.05) is 0 Å². The van der Waals surface area contributed by atoms with Crippen LogP contribution in [0.5, 0.6) is 0 Å². The molecule has 0 radical (unpaired) electrons. The van der Waals surface area contributed by atoms with Gasteiger partial charge < -0.3 is 31.9 Å². The van der Waals surface area contributed by atoms with Crippen LogP contribution in [0.15, 0.2) is 30.3 Å². The van der Waals surface area contributed by atoms with E-state index in [2.05, 4.69) is 16.0 Å². The molecule has 1 aromatic rings. The maximum absolute atomic E-state index is 13.2. The Morgan fingerprint density at radius 1 is 0.750 bits per heavy atom. The Labute approximate surface area is 211 Å². The third kappa shape index (κ3) is 11.3. The number of nitrogens with two attached hydrogens (primary N) is 1. The monoisotopic (exact) mass is 506 g/mol. The summed E-state index contributed by atoms with van der Waals surface area (Å²) in [6.45, 7) is 7.36. The third-order valence-electron chi connectivity index (χ3n) is 5.31. The highest BCUT2D eigenvalue weighted by molar-refractivity contribution is 5.95. The van der Waals surface area contributed by atoms with E-state index in [-0.39, 0.29) is 24.7 Å². The summed E-state index contributed by atoms with van der Waals surface area (Å²) in [5.74, 6) is -4.84. The number of carbonyl (C=O) groups excluding carboxylic acids is 3. The molecule has 11 nitrogen and oxygen atoms in total. The molecule has 1 rings (SSSR count). The molecule has 0 fully saturated rings. The summed E-state index contributed by atoms with van der Waals surface area (Å²) >= 11 is 0. The van der Waals surface area contributed by atoms with Crippen molar-refractivity contribution in [3.63, 3.8) is 0 Å². The number of amides is 3. The zero-order valence-corrected chi connectivity index (χ0v) is 21.2. The van der Waals surface area contributed by atoms with Crippen LogP contribution in [0.2, 0.25) is 0 Å². The molecule has 0 saturated carbocycles. The van der Waals surface area contributed by atoms with Crippen molar-refractivity contribution in [3.8, 4) is 0 Å². The molecule has 0 aromatic heterocycles. The van der Waals surface area contributed by atoms with E-state index in [1.165, 1.54) is 0 Å². The van der Waals surface area contributed by atoms with Gasteiger partial charge in [0.2, 0.25) is 17.7 Å². The smallest absolute Gasteiger partial charge is 0.326 e. The molecular weight excluding hydrogens is 468 g/mol. The lowest BCUT2D eigenvalue weighted by molar-refractivity contribution is -0.144. The minimum absolute atomic E-state index is 0.0561. The van der Waals surface area contributed by atoms with E-state index in [9.17, 15) is 34.2 Å². The standard InChI is InChI=1S/C25H38N4O7/c1-14(2)10-17(26)22(32)27-18(12-16-8-6-5-7-9-16)23(33)28-19(13-21(30)31)24(34)29-20(25(35)36)11-15(3)4/h5-9,14-15,17-20H,10-13,26H2,1-4H3,(H,27,32)(H,28,33)(H,29,34)(H,30,31)(H,35,36). The number of rotatable bonds is 15. The fourth-order valence-electron chi connectivity index (χ4n) is 3.57. The van der Waals surface area contributed by atoms with Gasteiger partial charge in [-0.2, -0.15) is 0 Å². The minimum Gasteiger partial charge on any atom is -0.481 e. The Balaban J connectivity index is 3.11. The molecule has 7 N–H and O–H groups in total. The molecule has 36 heavy (non-hydrogen) atoms. The molecule has 4 atom stereocenters. The van der Waals surface area contributed by atoms with Gasteiger partial charge in [0.1, 0.15) is 18.1 Å². The van der Waals surface area contributed by atoms with Crippen molar-refractivity contribution in [3.05, 3.63) is 35.9 Å². The quantitative estimate of drug-likeness (QED) is 0.200. The second-order valence-electron chi connectivity index (χ2n) is 9.67. The number of carboxylic acids is 2. The summed E-state index contributed by atoms with van der Waals surface area (Å²) in [5, 5.41) is 26.0. The second-order valence-corrected chi connectivity index (χ2v) is 9.67. The highest BCUT2D eigenvalue weighted by atomic mass is 16.4. The summed E-state index contributed by atoms with van der Waals surface area (Å²) in [7, 11) is 0. The normalized spacial score (nSPS) is 14.4. The average molecular weight is 507 g/mol. The van der Waals surface area contributed by atoms with Crippen molar-refractivity contribution in [2.45, 2.75) is 77.5 Å². The van der Waals surface area contributed by atoms with E-state index in [4.69, 9.17) is 5.73 Å². The number of hydrogen-bond donors (Lipinski definition) is 6. The molecule has 0 aliphatic carbocycles. The molecule has 0 aliphatic heterocycles. The third-order valence-corrected chi connectivity index (χ3v) is 5.31. The Morgan fingerprint density at radius 2 is 1.25 bits per heavy atom. The maximum atomic E-state index is 13.2. The maximum Gasteiger partial charge on any atom is 0.326 e. The van der Waals surface area contributed by atoms with Gasteiger partial charge in [0.05, 0.1) is 12.5 Å². The number of carboxylic acid groups (broad SMARTS) is 2. The van der Waals surface area contributed by atoms with Gasteiger partial charge in [-0.3, -0.25) is 19.2 Å². The van der Waals surface area contributed by atoms with Gasteiger partial charge in [-0.05, 0) is 30.2 Å². The predicted octanol–water partition coefficient (Wildman–Crippen LogP) is 0.662. The second kappa shape index (κ2) is 14.8. The zero-order chi connectivity index (χ0) is 27.4. The van der Waals surface area contributed by atoms with Gasteiger partial charge >= 0.3 is 11.9 Å². The molecule has 4 unspecified atom stereocenters. The number of aliphatic carboxylic acids is 2. The van der Waals surface area contributed by atoms with Gasteiger partial charge in [-0.1, -0.05) is 58.0 Å². The van der Waals surface area contributed by atoms with Gasteiger partial charge in [-0.25, -0.2) is 4.79 Å². The highest BCUT2D eigenvalue weighted by Gasteiger charge is 2.32. The van der Waals surface area contributed by atoms with Crippen LogP contribution >= 0.6 is 0 Å². The van der Waals surface area contributed by atoms with Gasteiger partial charge in [-0.15, -0.1) is 0 Å². The fourth-order valence-corrected chi connectivity index (χ4v) is 3.57. The van der Waals surface area contributed by atoms with Crippen LogP contribution in [0.3, 0.4) is 0 Å². The van der Waals surface area contributed by atoms with Crippen LogP contribution < -0.4 is 21.7 Å². The number of nitrogens with one attached hydrogen (secondary N) is 3. The van der Waals surface area contributed by atoms with E-state index in [1.54, 1.807) is 44.2 Å². The number of benzene rings is 1. The van der Waals surface area contributed by atoms with Gasteiger partial charge in [0.25, 0.3) is 0 Å². The Kier molecular flexibility index (Phi) is 12.6. The first-order valence-electron chi connectivity index (χ1n) is 11.9. The summed E-state index contributed by atoms with van der Waals surface area (Å²) < 4.78 is 0. The summed E-state index contributed by atoms with van der Waals surface area (Å²) in [4.78, 5) is 61.5. The van der Waals surface area contributed by atoms with Crippen LogP contribution in [0.1, 0.15) is 52.5 Å². The van der Waals surface area contributed by atoms with Gasteiger partial charge in [0.15, 0.2) is 0 Å². The minimum atomic E-state index is -1.55. The van der Waals surface area contributed by atoms with E-state index in [0.29, 0.717) is 6.42 Å². The molecule has 1 aromatic carbocycles. The van der Waals surface area contributed by atoms with Crippen molar-refractivity contribution in [1.29, 1.82) is 0 Å². The zero-order valence-electron chi connectivity index (χ0n) is 21.2. The molecule has 0 saturated heterocycles. The van der Waals surface area contributed by atoms with Crippen LogP contribution in [0.25, 0.3) is 0 Å². The first-order valence-corrected chi connectivity index (χ1v) is 11.9. The average Bonchev–Trinajstić information content (AvgIpc) is 2.77. The summed E-state index contributed by atoms with van der Waals surface area (Å²) in [5.41, 5.74) is 6.68. The Bertz CT molecular complexity index is 905. The fraction of sp³-hybridized carbons (Fsp3) is 0.560. The SMILES string of the molecule is CC(C)CC(N)C(=O)NC(Cc1ccccc1)C(=O)NC(CC(=O)O)C(=O)NC(CC(C)C)C(=O)O. The predicted molar refractivity (Wildman–Crippen MR) is 133 cm³/mol. The molecule has 0 aliphatic rings. The van der Waals surface area contributed by atoms with Crippen LogP contribution in [0.4, 0.5) is 0 Å². The van der Waals surface area contributed by atoms with Crippen molar-refractivity contribution in [2.24, 2.45) is 17.6 Å². The lowest BCUT2D eigenvalue weighted by atomic mass is 10.0. The molecule has 0 spiro atoms. The molecule has 0 bridgehead atoms. The molecule has 0 heterocycles. The van der Waals surface area contributed by atoms with Crippen molar-refractivity contribution < 1.29 is 34.2 Å².